The van der Waals surface area contributed by atoms with Crippen molar-refractivity contribution in [2.24, 2.45) is 7.05 Å². The van der Waals surface area contributed by atoms with Crippen molar-refractivity contribution in [2.45, 2.75) is 32.4 Å². The zero-order valence-corrected chi connectivity index (χ0v) is 9.20. The van der Waals surface area contributed by atoms with E-state index in [1.165, 1.54) is 5.69 Å². The van der Waals surface area contributed by atoms with Gasteiger partial charge in [-0.25, -0.2) is 0 Å². The summed E-state index contributed by atoms with van der Waals surface area (Å²) in [6, 6.07) is 2.83. The number of aryl methyl sites for hydroxylation is 1. The topological polar surface area (TPSA) is 29.9 Å². The summed E-state index contributed by atoms with van der Waals surface area (Å²) in [6.07, 6.45) is 4.75. The molecule has 0 aliphatic carbocycles. The fourth-order valence-corrected chi connectivity index (χ4v) is 1.64. The Hall–Kier alpha value is -1.09. The number of aromatic nitrogens is 2. The zero-order valence-electron chi connectivity index (χ0n) is 9.20. The van der Waals surface area contributed by atoms with Crippen LogP contribution in [-0.2, 0) is 7.05 Å². The van der Waals surface area contributed by atoms with Crippen LogP contribution in [0.1, 0.15) is 32.0 Å². The largest absolute Gasteiger partial charge is 0.306 e. The normalized spacial score (nSPS) is 15.1. The van der Waals surface area contributed by atoms with Crippen molar-refractivity contribution < 1.29 is 0 Å². The standard InChI is InChI=1S/C11H19N3/c1-5-6-9(2)13-10(3)11-7-8-12-14(11)4/h5,7-10,13H,1,6H2,2-4H3. The van der Waals surface area contributed by atoms with Crippen molar-refractivity contribution in [3.8, 4) is 0 Å². The summed E-state index contributed by atoms with van der Waals surface area (Å²) in [5.74, 6) is 0. The average Bonchev–Trinajstić information content (AvgIpc) is 2.51. The highest BCUT2D eigenvalue weighted by Crippen LogP contribution is 2.11. The van der Waals surface area contributed by atoms with E-state index in [9.17, 15) is 0 Å². The van der Waals surface area contributed by atoms with Crippen LogP contribution < -0.4 is 5.32 Å². The molecule has 3 nitrogen and oxygen atoms in total. The number of nitrogens with zero attached hydrogens (tertiary/aromatic N) is 2. The van der Waals surface area contributed by atoms with E-state index in [0.29, 0.717) is 12.1 Å². The van der Waals surface area contributed by atoms with Crippen LogP contribution in [-0.4, -0.2) is 15.8 Å². The van der Waals surface area contributed by atoms with Crippen LogP contribution in [0, 0.1) is 0 Å². The highest BCUT2D eigenvalue weighted by atomic mass is 15.3. The van der Waals surface area contributed by atoms with Gasteiger partial charge in [0.25, 0.3) is 0 Å². The van der Waals surface area contributed by atoms with Gasteiger partial charge in [0, 0.05) is 25.3 Å². The Bertz CT molecular complexity index is 290. The van der Waals surface area contributed by atoms with Crippen molar-refractivity contribution in [3.05, 3.63) is 30.6 Å². The first-order valence-electron chi connectivity index (χ1n) is 5.00. The Morgan fingerprint density at radius 1 is 1.64 bits per heavy atom. The Labute approximate surface area is 85.8 Å². The van der Waals surface area contributed by atoms with E-state index in [-0.39, 0.29) is 0 Å². The van der Waals surface area contributed by atoms with Gasteiger partial charge in [0.15, 0.2) is 0 Å². The number of rotatable bonds is 5. The Morgan fingerprint density at radius 2 is 2.36 bits per heavy atom. The van der Waals surface area contributed by atoms with Crippen LogP contribution >= 0.6 is 0 Å². The first-order chi connectivity index (χ1) is 6.65. The third-order valence-corrected chi connectivity index (χ3v) is 2.36. The van der Waals surface area contributed by atoms with Crippen LogP contribution in [0.5, 0.6) is 0 Å². The lowest BCUT2D eigenvalue weighted by Crippen LogP contribution is -2.29. The highest BCUT2D eigenvalue weighted by Gasteiger charge is 2.10. The fourth-order valence-electron chi connectivity index (χ4n) is 1.64. The molecule has 1 rings (SSSR count). The van der Waals surface area contributed by atoms with Crippen molar-refractivity contribution >= 4 is 0 Å². The first-order valence-corrected chi connectivity index (χ1v) is 5.00. The molecule has 1 aromatic heterocycles. The van der Waals surface area contributed by atoms with Crippen LogP contribution in [0.25, 0.3) is 0 Å². The third kappa shape index (κ3) is 2.70. The van der Waals surface area contributed by atoms with Crippen molar-refractivity contribution in [1.29, 1.82) is 0 Å². The summed E-state index contributed by atoms with van der Waals surface area (Å²) in [4.78, 5) is 0. The van der Waals surface area contributed by atoms with Gasteiger partial charge in [-0.2, -0.15) is 5.10 Å². The minimum atomic E-state index is 0.331. The molecule has 2 unspecified atom stereocenters. The molecule has 1 heterocycles. The van der Waals surface area contributed by atoms with E-state index in [4.69, 9.17) is 0 Å². The second-order valence-electron chi connectivity index (χ2n) is 3.69. The molecule has 1 aromatic rings. The van der Waals surface area contributed by atoms with Gasteiger partial charge in [-0.05, 0) is 26.3 Å². The molecule has 78 valence electrons. The highest BCUT2D eigenvalue weighted by molar-refractivity contribution is 5.05. The lowest BCUT2D eigenvalue weighted by Gasteiger charge is -2.18. The van der Waals surface area contributed by atoms with Crippen molar-refractivity contribution in [3.63, 3.8) is 0 Å². The summed E-state index contributed by atoms with van der Waals surface area (Å²) < 4.78 is 1.90. The van der Waals surface area contributed by atoms with E-state index in [0.717, 1.165) is 6.42 Å². The molecule has 0 aromatic carbocycles. The SMILES string of the molecule is C=CCC(C)NC(C)c1ccnn1C. The second-order valence-corrected chi connectivity index (χ2v) is 3.69. The molecule has 0 aliphatic rings. The zero-order chi connectivity index (χ0) is 10.6. The van der Waals surface area contributed by atoms with Crippen molar-refractivity contribution in [2.75, 3.05) is 0 Å². The van der Waals surface area contributed by atoms with Gasteiger partial charge in [-0.1, -0.05) is 6.08 Å². The maximum atomic E-state index is 4.15. The predicted molar refractivity (Wildman–Crippen MR) is 59.0 cm³/mol. The van der Waals surface area contributed by atoms with Crippen LogP contribution in [0.3, 0.4) is 0 Å². The Morgan fingerprint density at radius 3 is 2.86 bits per heavy atom. The molecule has 0 saturated heterocycles. The van der Waals surface area contributed by atoms with Gasteiger partial charge in [0.1, 0.15) is 0 Å². The van der Waals surface area contributed by atoms with Crippen LogP contribution in [0.15, 0.2) is 24.9 Å². The summed E-state index contributed by atoms with van der Waals surface area (Å²) in [5.41, 5.74) is 1.21. The molecule has 2 atom stereocenters. The maximum absolute atomic E-state index is 4.15. The Balaban J connectivity index is 2.54. The van der Waals surface area contributed by atoms with Crippen LogP contribution in [0.4, 0.5) is 0 Å². The molecule has 0 spiro atoms. The first kappa shape index (κ1) is 11.0. The van der Waals surface area contributed by atoms with Crippen molar-refractivity contribution in [1.82, 2.24) is 15.1 Å². The van der Waals surface area contributed by atoms with Gasteiger partial charge >= 0.3 is 0 Å². The summed E-state index contributed by atoms with van der Waals surface area (Å²) >= 11 is 0. The van der Waals surface area contributed by atoms with Gasteiger partial charge in [-0.3, -0.25) is 4.68 Å². The van der Waals surface area contributed by atoms with Gasteiger partial charge in [-0.15, -0.1) is 6.58 Å². The second kappa shape index (κ2) is 4.96. The number of hydrogen-bond acceptors (Lipinski definition) is 2. The quantitative estimate of drug-likeness (QED) is 0.725. The number of nitrogens with one attached hydrogen (secondary N) is 1. The molecule has 14 heavy (non-hydrogen) atoms. The van der Waals surface area contributed by atoms with E-state index in [1.54, 1.807) is 0 Å². The average molecular weight is 193 g/mol. The van der Waals surface area contributed by atoms with E-state index < -0.39 is 0 Å². The lowest BCUT2D eigenvalue weighted by molar-refractivity contribution is 0.460. The summed E-state index contributed by atoms with van der Waals surface area (Å²) in [7, 11) is 1.96. The molecule has 0 fully saturated rings. The molecule has 0 aliphatic heterocycles. The molecule has 0 bridgehead atoms. The van der Waals surface area contributed by atoms with E-state index in [1.807, 2.05) is 30.1 Å². The smallest absolute Gasteiger partial charge is 0.0547 e. The van der Waals surface area contributed by atoms with Gasteiger partial charge in [0.2, 0.25) is 0 Å². The lowest BCUT2D eigenvalue weighted by atomic mass is 10.1. The molecule has 0 saturated carbocycles. The minimum Gasteiger partial charge on any atom is -0.306 e. The Kier molecular flexibility index (Phi) is 3.89. The monoisotopic (exact) mass is 193 g/mol. The van der Waals surface area contributed by atoms with E-state index in [2.05, 4.69) is 30.8 Å². The van der Waals surface area contributed by atoms with Gasteiger partial charge in [0.05, 0.1) is 5.69 Å². The van der Waals surface area contributed by atoms with E-state index >= 15 is 0 Å². The predicted octanol–water partition coefficient (Wildman–Crippen LogP) is 2.04. The molecule has 0 radical (unpaired) electrons. The molecular formula is C11H19N3. The van der Waals surface area contributed by atoms with Gasteiger partial charge < -0.3 is 5.32 Å². The fraction of sp³-hybridized carbons (Fsp3) is 0.545. The molecule has 0 amide bonds. The number of hydrogen-bond donors (Lipinski definition) is 1. The molecule has 3 heteroatoms. The molecule has 1 N–H and O–H groups in total. The summed E-state index contributed by atoms with van der Waals surface area (Å²) in [5, 5.41) is 7.64. The minimum absolute atomic E-state index is 0.331. The van der Waals surface area contributed by atoms with Crippen LogP contribution in [0.2, 0.25) is 0 Å². The maximum Gasteiger partial charge on any atom is 0.0547 e. The molecular weight excluding hydrogens is 174 g/mol. The summed E-state index contributed by atoms with van der Waals surface area (Å²) in [6.45, 7) is 8.04. The third-order valence-electron chi connectivity index (χ3n) is 2.36.